The van der Waals surface area contributed by atoms with E-state index in [1.807, 2.05) is 31.2 Å². The molecule has 2 aromatic carbocycles. The number of sulfonamides is 1. The summed E-state index contributed by atoms with van der Waals surface area (Å²) in [4.78, 5) is 28.4. The third kappa shape index (κ3) is 7.90. The maximum Gasteiger partial charge on any atom is 0.242 e. The largest absolute Gasteiger partial charge is 0.486 e. The number of anilines is 1. The minimum atomic E-state index is -3.61. The van der Waals surface area contributed by atoms with Crippen molar-refractivity contribution in [1.82, 2.24) is 10.2 Å². The van der Waals surface area contributed by atoms with E-state index in [0.717, 1.165) is 43.1 Å². The van der Waals surface area contributed by atoms with E-state index in [-0.39, 0.29) is 30.8 Å². The standard InChI is InChI=1S/C30H41N3O6S/c1-22-9-7-10-24(19-22)21-32(23(2)30(35)31-25-11-5-4-6-12-25)29(34)13-8-16-33(40(3,36)37)26-14-15-27-28(20-26)39-18-17-38-27/h7,9-10,14-15,19-20,23,25H,4-6,8,11-13,16-18,21H2,1-3H3,(H,31,35)/t23-/m0/s1. The summed E-state index contributed by atoms with van der Waals surface area (Å²) in [5.41, 5.74) is 2.48. The van der Waals surface area contributed by atoms with E-state index in [1.165, 1.54) is 10.7 Å². The normalized spacial score (nSPS) is 16.2. The number of amides is 2. The maximum atomic E-state index is 13.6. The van der Waals surface area contributed by atoms with E-state index in [2.05, 4.69) is 5.32 Å². The van der Waals surface area contributed by atoms with Crippen molar-refractivity contribution in [3.63, 3.8) is 0 Å². The molecule has 2 aliphatic rings. The topological polar surface area (TPSA) is 105 Å². The van der Waals surface area contributed by atoms with Gasteiger partial charge in [0.05, 0.1) is 11.9 Å². The average molecular weight is 572 g/mol. The fourth-order valence-corrected chi connectivity index (χ4v) is 6.31. The second-order valence-electron chi connectivity index (χ2n) is 10.8. The molecule has 1 aliphatic heterocycles. The third-order valence-corrected chi connectivity index (χ3v) is 8.71. The summed E-state index contributed by atoms with van der Waals surface area (Å²) in [5.74, 6) is 0.729. The molecule has 4 rings (SSSR count). The van der Waals surface area contributed by atoms with Gasteiger partial charge in [-0.25, -0.2) is 8.42 Å². The molecule has 1 heterocycles. The van der Waals surface area contributed by atoms with Crippen LogP contribution in [0.5, 0.6) is 11.5 Å². The van der Waals surface area contributed by atoms with Crippen LogP contribution in [0, 0.1) is 6.92 Å². The van der Waals surface area contributed by atoms with Crippen LogP contribution in [0.25, 0.3) is 0 Å². The van der Waals surface area contributed by atoms with Gasteiger partial charge in [-0.3, -0.25) is 13.9 Å². The smallest absolute Gasteiger partial charge is 0.242 e. The molecule has 9 nitrogen and oxygen atoms in total. The Morgan fingerprint density at radius 2 is 1.75 bits per heavy atom. The van der Waals surface area contributed by atoms with Crippen molar-refractivity contribution in [1.29, 1.82) is 0 Å². The molecule has 0 aromatic heterocycles. The van der Waals surface area contributed by atoms with E-state index in [9.17, 15) is 18.0 Å². The van der Waals surface area contributed by atoms with Gasteiger partial charge in [0.2, 0.25) is 21.8 Å². The van der Waals surface area contributed by atoms with Gasteiger partial charge in [0.1, 0.15) is 19.3 Å². The minimum absolute atomic E-state index is 0.101. The molecule has 1 aliphatic carbocycles. The molecule has 1 atom stereocenters. The molecule has 0 unspecified atom stereocenters. The van der Waals surface area contributed by atoms with E-state index in [4.69, 9.17) is 9.47 Å². The number of nitrogens with zero attached hydrogens (tertiary/aromatic N) is 2. The van der Waals surface area contributed by atoms with Gasteiger partial charge in [-0.2, -0.15) is 0 Å². The lowest BCUT2D eigenvalue weighted by Gasteiger charge is -2.31. The monoisotopic (exact) mass is 571 g/mol. The van der Waals surface area contributed by atoms with Gasteiger partial charge < -0.3 is 19.7 Å². The van der Waals surface area contributed by atoms with Gasteiger partial charge in [0.15, 0.2) is 11.5 Å². The number of nitrogens with one attached hydrogen (secondary N) is 1. The first-order valence-corrected chi connectivity index (χ1v) is 16.0. The van der Waals surface area contributed by atoms with Crippen molar-refractivity contribution in [2.24, 2.45) is 0 Å². The fraction of sp³-hybridized carbons (Fsp3) is 0.533. The quantitative estimate of drug-likeness (QED) is 0.434. The lowest BCUT2D eigenvalue weighted by atomic mass is 9.95. The zero-order chi connectivity index (χ0) is 28.7. The highest BCUT2D eigenvalue weighted by Crippen LogP contribution is 2.34. The highest BCUT2D eigenvalue weighted by Gasteiger charge is 2.28. The summed E-state index contributed by atoms with van der Waals surface area (Å²) >= 11 is 0. The number of carbonyl (C=O) groups excluding carboxylic acids is 2. The molecule has 1 N–H and O–H groups in total. The maximum absolute atomic E-state index is 13.6. The van der Waals surface area contributed by atoms with Gasteiger partial charge in [0.25, 0.3) is 0 Å². The Morgan fingerprint density at radius 1 is 1.02 bits per heavy atom. The highest BCUT2D eigenvalue weighted by atomic mass is 32.2. The van der Waals surface area contributed by atoms with Crippen LogP contribution in [0.15, 0.2) is 42.5 Å². The van der Waals surface area contributed by atoms with Crippen LogP contribution in [0.1, 0.15) is 63.0 Å². The zero-order valence-corrected chi connectivity index (χ0v) is 24.5. The lowest BCUT2D eigenvalue weighted by molar-refractivity contribution is -0.141. The molecule has 1 saturated carbocycles. The first kappa shape index (κ1) is 29.7. The number of fused-ring (bicyclic) bond motifs is 1. The van der Waals surface area contributed by atoms with Gasteiger partial charge in [0, 0.05) is 31.6 Å². The number of aryl methyl sites for hydroxylation is 1. The van der Waals surface area contributed by atoms with Crippen molar-refractivity contribution < 1.29 is 27.5 Å². The van der Waals surface area contributed by atoms with Gasteiger partial charge in [-0.05, 0) is 50.8 Å². The third-order valence-electron chi connectivity index (χ3n) is 7.52. The molecule has 0 radical (unpaired) electrons. The first-order chi connectivity index (χ1) is 19.1. The SMILES string of the molecule is Cc1cccc(CN(C(=O)CCCN(c2ccc3c(c2)OCCO3)S(C)(=O)=O)[C@@H](C)C(=O)NC2CCCCC2)c1. The van der Waals surface area contributed by atoms with Crippen LogP contribution in [0.2, 0.25) is 0 Å². The Kier molecular flexibility index (Phi) is 9.95. The summed E-state index contributed by atoms with van der Waals surface area (Å²) in [5, 5.41) is 3.15. The Hall–Kier alpha value is -3.27. The average Bonchev–Trinajstić information content (AvgIpc) is 2.93. The Balaban J connectivity index is 1.45. The highest BCUT2D eigenvalue weighted by molar-refractivity contribution is 7.92. The van der Waals surface area contributed by atoms with Crippen LogP contribution >= 0.6 is 0 Å². The van der Waals surface area contributed by atoms with Gasteiger partial charge in [-0.15, -0.1) is 0 Å². The minimum Gasteiger partial charge on any atom is -0.486 e. The molecule has 0 bridgehead atoms. The predicted octanol–water partition coefficient (Wildman–Crippen LogP) is 4.18. The summed E-state index contributed by atoms with van der Waals surface area (Å²) in [6, 6.07) is 12.4. The van der Waals surface area contributed by atoms with Crippen LogP contribution in [-0.2, 0) is 26.2 Å². The van der Waals surface area contributed by atoms with Crippen LogP contribution in [-0.4, -0.2) is 63.2 Å². The Labute approximate surface area is 237 Å². The fourth-order valence-electron chi connectivity index (χ4n) is 5.35. The molecule has 1 fully saturated rings. The number of hydrogen-bond donors (Lipinski definition) is 1. The van der Waals surface area contributed by atoms with Crippen molar-refractivity contribution in [3.05, 3.63) is 53.6 Å². The molecule has 218 valence electrons. The summed E-state index contributed by atoms with van der Waals surface area (Å²) in [6.45, 7) is 5.02. The number of rotatable bonds is 11. The summed E-state index contributed by atoms with van der Waals surface area (Å²) in [7, 11) is -3.61. The zero-order valence-electron chi connectivity index (χ0n) is 23.7. The molecule has 2 aromatic rings. The van der Waals surface area contributed by atoms with Crippen molar-refractivity contribution >= 4 is 27.5 Å². The van der Waals surface area contributed by atoms with Crippen molar-refractivity contribution in [2.45, 2.75) is 77.4 Å². The predicted molar refractivity (Wildman–Crippen MR) is 155 cm³/mol. The second-order valence-corrected chi connectivity index (χ2v) is 12.7. The van der Waals surface area contributed by atoms with E-state index < -0.39 is 16.1 Å². The molecule has 40 heavy (non-hydrogen) atoms. The molecule has 0 saturated heterocycles. The number of carbonyl (C=O) groups is 2. The van der Waals surface area contributed by atoms with E-state index >= 15 is 0 Å². The van der Waals surface area contributed by atoms with Gasteiger partial charge >= 0.3 is 0 Å². The molecular weight excluding hydrogens is 530 g/mol. The van der Waals surface area contributed by atoms with Crippen molar-refractivity contribution in [2.75, 3.05) is 30.3 Å². The molecule has 10 heteroatoms. The van der Waals surface area contributed by atoms with Crippen LogP contribution < -0.4 is 19.1 Å². The molecule has 2 amide bonds. The first-order valence-electron chi connectivity index (χ1n) is 14.1. The molecular formula is C30H41N3O6S. The number of ether oxygens (including phenoxy) is 2. The van der Waals surface area contributed by atoms with E-state index in [0.29, 0.717) is 43.4 Å². The Morgan fingerprint density at radius 3 is 2.45 bits per heavy atom. The van der Waals surface area contributed by atoms with E-state index in [1.54, 1.807) is 30.0 Å². The van der Waals surface area contributed by atoms with Crippen molar-refractivity contribution in [3.8, 4) is 11.5 Å². The summed E-state index contributed by atoms with van der Waals surface area (Å²) < 4.78 is 37.8. The number of benzene rings is 2. The summed E-state index contributed by atoms with van der Waals surface area (Å²) in [6.07, 6.45) is 6.86. The molecule has 0 spiro atoms. The van der Waals surface area contributed by atoms with Crippen LogP contribution in [0.3, 0.4) is 0 Å². The number of hydrogen-bond acceptors (Lipinski definition) is 6. The second kappa shape index (κ2) is 13.4. The Bertz CT molecular complexity index is 1290. The lowest BCUT2D eigenvalue weighted by Crippen LogP contribution is -2.50. The van der Waals surface area contributed by atoms with Crippen LogP contribution in [0.4, 0.5) is 5.69 Å². The van der Waals surface area contributed by atoms with Gasteiger partial charge in [-0.1, -0.05) is 49.1 Å².